The van der Waals surface area contributed by atoms with Gasteiger partial charge in [0.2, 0.25) is 5.13 Å². The Balaban J connectivity index is 1.65. The molecule has 5 aromatic rings. The van der Waals surface area contributed by atoms with Crippen molar-refractivity contribution in [3.63, 3.8) is 0 Å². The molecule has 0 fully saturated rings. The van der Waals surface area contributed by atoms with Crippen molar-refractivity contribution in [2.24, 2.45) is 5.10 Å². The van der Waals surface area contributed by atoms with E-state index in [0.717, 1.165) is 48.6 Å². The van der Waals surface area contributed by atoms with Gasteiger partial charge in [-0.05, 0) is 31.2 Å². The van der Waals surface area contributed by atoms with Crippen LogP contribution in [0.25, 0.3) is 32.5 Å². The van der Waals surface area contributed by atoms with Crippen molar-refractivity contribution >= 4 is 37.7 Å². The molecule has 28 heavy (non-hydrogen) atoms. The van der Waals surface area contributed by atoms with Crippen LogP contribution in [0.3, 0.4) is 0 Å². The maximum atomic E-state index is 6.14. The summed E-state index contributed by atoms with van der Waals surface area (Å²) in [5.41, 5.74) is 7.08. The predicted octanol–water partition coefficient (Wildman–Crippen LogP) is 5.95. The number of benzene rings is 3. The van der Waals surface area contributed by atoms with E-state index < -0.39 is 0 Å². The third-order valence-electron chi connectivity index (χ3n) is 4.52. The molecule has 136 valence electrons. The lowest BCUT2D eigenvalue weighted by molar-refractivity contribution is 0.618. The molecule has 5 heteroatoms. The molecule has 2 aromatic heterocycles. The van der Waals surface area contributed by atoms with Crippen molar-refractivity contribution in [2.75, 3.05) is 5.43 Å². The van der Waals surface area contributed by atoms with Crippen molar-refractivity contribution in [2.45, 2.75) is 6.92 Å². The van der Waals surface area contributed by atoms with Crippen LogP contribution in [-0.4, -0.2) is 4.98 Å². The maximum absolute atomic E-state index is 6.14. The van der Waals surface area contributed by atoms with Gasteiger partial charge >= 0.3 is 0 Å². The van der Waals surface area contributed by atoms with Crippen molar-refractivity contribution in [3.05, 3.63) is 89.8 Å². The molecule has 5 rings (SSSR count). The second-order valence-corrected chi connectivity index (χ2v) is 7.60. The Labute approximate surface area is 165 Å². The predicted molar refractivity (Wildman–Crippen MR) is 115 cm³/mol. The molecule has 0 bridgehead atoms. The summed E-state index contributed by atoms with van der Waals surface area (Å²) in [5.74, 6) is 0.779. The number of nitrogens with zero attached hydrogens (tertiary/aromatic N) is 2. The maximum Gasteiger partial charge on any atom is 0.204 e. The van der Waals surface area contributed by atoms with Gasteiger partial charge in [-0.15, -0.1) is 0 Å². The van der Waals surface area contributed by atoms with Crippen LogP contribution in [-0.2, 0) is 0 Å². The van der Waals surface area contributed by atoms with E-state index in [1.807, 2.05) is 66.7 Å². The quantitative estimate of drug-likeness (QED) is 0.392. The van der Waals surface area contributed by atoms with Crippen LogP contribution in [0.5, 0.6) is 0 Å². The lowest BCUT2D eigenvalue weighted by Gasteiger charge is -2.06. The molecule has 0 saturated heterocycles. The number of para-hydroxylation sites is 1. The van der Waals surface area contributed by atoms with Crippen LogP contribution in [0, 0.1) is 6.92 Å². The Hall–Kier alpha value is -3.44. The van der Waals surface area contributed by atoms with E-state index in [-0.39, 0.29) is 0 Å². The smallest absolute Gasteiger partial charge is 0.204 e. The topological polar surface area (TPSA) is 50.4 Å². The Bertz CT molecular complexity index is 1320. The monoisotopic (exact) mass is 383 g/mol. The fourth-order valence-electron chi connectivity index (χ4n) is 3.15. The highest BCUT2D eigenvalue weighted by Gasteiger charge is 2.07. The highest BCUT2D eigenvalue weighted by Crippen LogP contribution is 2.26. The van der Waals surface area contributed by atoms with Gasteiger partial charge in [0, 0.05) is 17.0 Å². The first-order chi connectivity index (χ1) is 13.8. The van der Waals surface area contributed by atoms with Crippen LogP contribution in [0.2, 0.25) is 0 Å². The number of fused-ring (bicyclic) bond motifs is 2. The van der Waals surface area contributed by atoms with Crippen molar-refractivity contribution in [1.82, 2.24) is 4.98 Å². The van der Waals surface area contributed by atoms with E-state index in [1.54, 1.807) is 11.3 Å². The van der Waals surface area contributed by atoms with Crippen molar-refractivity contribution in [1.29, 1.82) is 0 Å². The Kier molecular flexibility index (Phi) is 4.14. The van der Waals surface area contributed by atoms with Gasteiger partial charge in [-0.3, -0.25) is 5.43 Å². The molecule has 0 aliphatic carbocycles. The number of hydrogen-bond acceptors (Lipinski definition) is 5. The van der Waals surface area contributed by atoms with Crippen molar-refractivity contribution < 1.29 is 4.42 Å². The highest BCUT2D eigenvalue weighted by molar-refractivity contribution is 7.22. The van der Waals surface area contributed by atoms with Crippen LogP contribution in [0.4, 0.5) is 5.13 Å². The largest absolute Gasteiger partial charge is 0.456 e. The lowest BCUT2D eigenvalue weighted by atomic mass is 10.1. The molecule has 0 aliphatic rings. The number of anilines is 1. The minimum Gasteiger partial charge on any atom is -0.456 e. The van der Waals surface area contributed by atoms with Gasteiger partial charge < -0.3 is 4.42 Å². The summed E-state index contributed by atoms with van der Waals surface area (Å²) in [6.45, 7) is 2.06. The zero-order valence-corrected chi connectivity index (χ0v) is 16.0. The van der Waals surface area contributed by atoms with Gasteiger partial charge in [-0.25, -0.2) is 4.98 Å². The van der Waals surface area contributed by atoms with Crippen LogP contribution >= 0.6 is 11.3 Å². The van der Waals surface area contributed by atoms with E-state index in [2.05, 4.69) is 34.6 Å². The number of hydrogen-bond donors (Lipinski definition) is 1. The second-order valence-electron chi connectivity index (χ2n) is 6.57. The molecule has 3 aromatic carbocycles. The van der Waals surface area contributed by atoms with E-state index >= 15 is 0 Å². The molecule has 2 heterocycles. The van der Waals surface area contributed by atoms with Gasteiger partial charge in [-0.2, -0.15) is 5.10 Å². The van der Waals surface area contributed by atoms with E-state index in [1.165, 1.54) is 0 Å². The summed E-state index contributed by atoms with van der Waals surface area (Å²) in [7, 11) is 0. The first-order valence-corrected chi connectivity index (χ1v) is 9.83. The Morgan fingerprint density at radius 1 is 0.929 bits per heavy atom. The van der Waals surface area contributed by atoms with E-state index in [9.17, 15) is 0 Å². The molecule has 4 nitrogen and oxygen atoms in total. The molecule has 1 N–H and O–H groups in total. The highest BCUT2D eigenvalue weighted by atomic mass is 32.1. The number of nitrogens with one attached hydrogen (secondary N) is 1. The molecule has 0 atom stereocenters. The Morgan fingerprint density at radius 3 is 2.61 bits per heavy atom. The summed E-state index contributed by atoms with van der Waals surface area (Å²) in [4.78, 5) is 4.60. The first-order valence-electron chi connectivity index (χ1n) is 9.01. The molecule has 0 spiro atoms. The summed E-state index contributed by atoms with van der Waals surface area (Å²) < 4.78 is 7.28. The van der Waals surface area contributed by atoms with Crippen LogP contribution in [0.1, 0.15) is 5.56 Å². The number of aromatic nitrogens is 1. The third-order valence-corrected chi connectivity index (χ3v) is 5.46. The zero-order chi connectivity index (χ0) is 18.9. The second kappa shape index (κ2) is 6.94. The number of rotatable bonds is 3. The van der Waals surface area contributed by atoms with Gasteiger partial charge in [0.1, 0.15) is 11.3 Å². The molecule has 0 unspecified atom stereocenters. The zero-order valence-electron chi connectivity index (χ0n) is 15.2. The molecule has 0 amide bonds. The Morgan fingerprint density at radius 2 is 1.75 bits per heavy atom. The van der Waals surface area contributed by atoms with Gasteiger partial charge in [0.05, 0.1) is 15.6 Å². The third kappa shape index (κ3) is 3.17. The van der Waals surface area contributed by atoms with Gasteiger partial charge in [-0.1, -0.05) is 65.4 Å². The molecular weight excluding hydrogens is 366 g/mol. The number of aryl methyl sites for hydroxylation is 1. The summed E-state index contributed by atoms with van der Waals surface area (Å²) in [6, 6.07) is 26.2. The van der Waals surface area contributed by atoms with Crippen LogP contribution < -0.4 is 10.8 Å². The lowest BCUT2D eigenvalue weighted by Crippen LogP contribution is -2.07. The van der Waals surface area contributed by atoms with E-state index in [4.69, 9.17) is 4.42 Å². The van der Waals surface area contributed by atoms with Gasteiger partial charge in [0.25, 0.3) is 0 Å². The molecule has 0 radical (unpaired) electrons. The average molecular weight is 383 g/mol. The van der Waals surface area contributed by atoms with Gasteiger partial charge in [0.15, 0.2) is 0 Å². The average Bonchev–Trinajstić information content (AvgIpc) is 3.15. The summed E-state index contributed by atoms with van der Waals surface area (Å²) >= 11 is 1.59. The summed E-state index contributed by atoms with van der Waals surface area (Å²) in [6.07, 6.45) is 0. The summed E-state index contributed by atoms with van der Waals surface area (Å²) in [5, 5.41) is 7.22. The normalized spacial score (nSPS) is 12.0. The number of thiazole rings is 1. The molecular formula is C23H17N3OS. The molecule has 0 aliphatic heterocycles. The standard InChI is InChI=1S/C23H17N3OS/c1-15-11-12-20-17(13-15)19(14-21(27-20)16-7-3-2-4-8-16)25-26-23-24-18-9-5-6-10-22(18)28-23/h2-14H,1H3,(H,24,26). The fourth-order valence-corrected chi connectivity index (χ4v) is 3.96. The fraction of sp³-hybridized carbons (Fsp3) is 0.0435. The first kappa shape index (κ1) is 16.7. The van der Waals surface area contributed by atoms with Crippen molar-refractivity contribution in [3.8, 4) is 11.3 Å². The minimum absolute atomic E-state index is 0.768. The SMILES string of the molecule is Cc1ccc2oc(-c3ccccc3)cc(=NNc3nc4ccccc4s3)c2c1. The van der Waals surface area contributed by atoms with E-state index in [0.29, 0.717) is 0 Å². The molecule has 0 saturated carbocycles. The van der Waals surface area contributed by atoms with Crippen LogP contribution in [0.15, 0.2) is 88.4 Å². The minimum atomic E-state index is 0.768.